The minimum Gasteiger partial charge on any atom is -0.301 e. The standard InChI is InChI=1S/C23H20FN3O/c1-16-7-12-21-26-20(13-22(28)27(21)15-16)14-25-23(17-5-3-2-4-6-17)18-8-10-19(24)11-9-18/h2-13,15,23,25H,14H2,1H3. The molecule has 140 valence electrons. The molecule has 1 N–H and O–H groups in total. The van der Waals surface area contributed by atoms with Crippen molar-refractivity contribution in [2.75, 3.05) is 0 Å². The first kappa shape index (κ1) is 18.1. The van der Waals surface area contributed by atoms with Crippen LogP contribution in [0.3, 0.4) is 0 Å². The highest BCUT2D eigenvalue weighted by Gasteiger charge is 2.14. The molecule has 0 spiro atoms. The molecule has 2 aromatic heterocycles. The van der Waals surface area contributed by atoms with Crippen LogP contribution in [-0.2, 0) is 6.54 Å². The highest BCUT2D eigenvalue weighted by molar-refractivity contribution is 5.40. The number of benzene rings is 2. The van der Waals surface area contributed by atoms with Crippen molar-refractivity contribution in [2.45, 2.75) is 19.5 Å². The summed E-state index contributed by atoms with van der Waals surface area (Å²) in [5.74, 6) is -0.268. The normalized spacial score (nSPS) is 12.2. The van der Waals surface area contributed by atoms with Crippen LogP contribution in [0, 0.1) is 12.7 Å². The molecule has 4 rings (SSSR count). The second-order valence-corrected chi connectivity index (χ2v) is 6.80. The molecule has 0 aliphatic carbocycles. The van der Waals surface area contributed by atoms with Gasteiger partial charge < -0.3 is 5.32 Å². The summed E-state index contributed by atoms with van der Waals surface area (Å²) in [7, 11) is 0. The molecular weight excluding hydrogens is 353 g/mol. The van der Waals surface area contributed by atoms with Crippen LogP contribution in [0.5, 0.6) is 0 Å². The third kappa shape index (κ3) is 3.85. The van der Waals surface area contributed by atoms with Gasteiger partial charge in [0.25, 0.3) is 5.56 Å². The minimum atomic E-state index is -0.268. The quantitative estimate of drug-likeness (QED) is 0.575. The highest BCUT2D eigenvalue weighted by atomic mass is 19.1. The molecule has 0 radical (unpaired) electrons. The molecule has 1 unspecified atom stereocenters. The average molecular weight is 373 g/mol. The van der Waals surface area contributed by atoms with Crippen molar-refractivity contribution < 1.29 is 4.39 Å². The molecule has 4 aromatic rings. The van der Waals surface area contributed by atoms with Gasteiger partial charge in [-0.25, -0.2) is 9.37 Å². The molecular formula is C23H20FN3O. The predicted octanol–water partition coefficient (Wildman–Crippen LogP) is 4.02. The average Bonchev–Trinajstić information content (AvgIpc) is 2.71. The van der Waals surface area contributed by atoms with Crippen LogP contribution in [0.1, 0.15) is 28.4 Å². The van der Waals surface area contributed by atoms with Gasteiger partial charge in [-0.1, -0.05) is 48.5 Å². The summed E-state index contributed by atoms with van der Waals surface area (Å²) in [4.78, 5) is 17.0. The Kier molecular flexibility index (Phi) is 5.00. The van der Waals surface area contributed by atoms with E-state index < -0.39 is 0 Å². The van der Waals surface area contributed by atoms with Crippen LogP contribution in [-0.4, -0.2) is 9.38 Å². The van der Waals surface area contributed by atoms with E-state index in [0.717, 1.165) is 16.7 Å². The Morgan fingerprint density at radius 2 is 1.71 bits per heavy atom. The van der Waals surface area contributed by atoms with Gasteiger partial charge in [0.15, 0.2) is 0 Å². The Balaban J connectivity index is 1.64. The number of pyridine rings is 1. The molecule has 0 aliphatic heterocycles. The summed E-state index contributed by atoms with van der Waals surface area (Å²) >= 11 is 0. The lowest BCUT2D eigenvalue weighted by Crippen LogP contribution is -2.24. The van der Waals surface area contributed by atoms with Crippen LogP contribution in [0.25, 0.3) is 5.65 Å². The van der Waals surface area contributed by atoms with Gasteiger partial charge >= 0.3 is 0 Å². The van der Waals surface area contributed by atoms with Crippen LogP contribution < -0.4 is 10.9 Å². The van der Waals surface area contributed by atoms with Crippen LogP contribution in [0.15, 0.2) is 83.8 Å². The summed E-state index contributed by atoms with van der Waals surface area (Å²) in [5, 5.41) is 3.46. The first-order valence-corrected chi connectivity index (χ1v) is 9.13. The highest BCUT2D eigenvalue weighted by Crippen LogP contribution is 2.22. The molecule has 2 heterocycles. The number of nitrogens with one attached hydrogen (secondary N) is 1. The molecule has 0 fully saturated rings. The number of fused-ring (bicyclic) bond motifs is 1. The number of halogens is 1. The number of aryl methyl sites for hydroxylation is 1. The monoisotopic (exact) mass is 373 g/mol. The molecule has 1 atom stereocenters. The maximum absolute atomic E-state index is 13.4. The smallest absolute Gasteiger partial charge is 0.258 e. The maximum Gasteiger partial charge on any atom is 0.258 e. The minimum absolute atomic E-state index is 0.108. The first-order valence-electron chi connectivity index (χ1n) is 9.13. The largest absolute Gasteiger partial charge is 0.301 e. The third-order valence-corrected chi connectivity index (χ3v) is 4.68. The topological polar surface area (TPSA) is 46.4 Å². The van der Waals surface area contributed by atoms with E-state index >= 15 is 0 Å². The second-order valence-electron chi connectivity index (χ2n) is 6.80. The first-order chi connectivity index (χ1) is 13.6. The van der Waals surface area contributed by atoms with E-state index in [2.05, 4.69) is 10.3 Å². The van der Waals surface area contributed by atoms with Crippen LogP contribution in [0.2, 0.25) is 0 Å². The number of rotatable bonds is 5. The van der Waals surface area contributed by atoms with E-state index in [1.54, 1.807) is 28.8 Å². The van der Waals surface area contributed by atoms with Crippen molar-refractivity contribution in [3.8, 4) is 0 Å². The van der Waals surface area contributed by atoms with Crippen molar-refractivity contribution in [1.82, 2.24) is 14.7 Å². The van der Waals surface area contributed by atoms with E-state index in [1.165, 1.54) is 12.1 Å². The molecule has 0 saturated carbocycles. The summed E-state index contributed by atoms with van der Waals surface area (Å²) in [5.41, 5.74) is 4.18. The summed E-state index contributed by atoms with van der Waals surface area (Å²) in [6, 6.07) is 21.6. The number of hydrogen-bond donors (Lipinski definition) is 1. The van der Waals surface area contributed by atoms with Gasteiger partial charge in [0.1, 0.15) is 11.5 Å². The zero-order chi connectivity index (χ0) is 19.5. The lowest BCUT2D eigenvalue weighted by molar-refractivity contribution is 0.591. The van der Waals surface area contributed by atoms with Crippen LogP contribution in [0.4, 0.5) is 4.39 Å². The maximum atomic E-state index is 13.4. The van der Waals surface area contributed by atoms with Gasteiger partial charge in [0.05, 0.1) is 11.7 Å². The van der Waals surface area contributed by atoms with Gasteiger partial charge in [-0.05, 0) is 41.8 Å². The molecule has 4 nitrogen and oxygen atoms in total. The van der Waals surface area contributed by atoms with Gasteiger partial charge in [-0.15, -0.1) is 0 Å². The number of hydrogen-bond acceptors (Lipinski definition) is 3. The Bertz CT molecular complexity index is 1150. The van der Waals surface area contributed by atoms with Crippen LogP contribution >= 0.6 is 0 Å². The van der Waals surface area contributed by atoms with E-state index in [9.17, 15) is 9.18 Å². The summed E-state index contributed by atoms with van der Waals surface area (Å²) in [6.07, 6.45) is 1.78. The van der Waals surface area contributed by atoms with E-state index in [-0.39, 0.29) is 17.4 Å². The SMILES string of the molecule is Cc1ccc2nc(CNC(c3ccccc3)c3ccc(F)cc3)cc(=O)n2c1. The molecule has 0 bridgehead atoms. The van der Waals surface area contributed by atoms with Crippen molar-refractivity contribution >= 4 is 5.65 Å². The van der Waals surface area contributed by atoms with Crippen molar-refractivity contribution in [1.29, 1.82) is 0 Å². The molecule has 28 heavy (non-hydrogen) atoms. The Morgan fingerprint density at radius 3 is 2.46 bits per heavy atom. The van der Waals surface area contributed by atoms with E-state index in [0.29, 0.717) is 17.9 Å². The fourth-order valence-electron chi connectivity index (χ4n) is 3.28. The summed E-state index contributed by atoms with van der Waals surface area (Å²) in [6.45, 7) is 2.35. The van der Waals surface area contributed by atoms with Gasteiger partial charge in [-0.2, -0.15) is 0 Å². The molecule has 0 aliphatic rings. The van der Waals surface area contributed by atoms with Gasteiger partial charge in [0, 0.05) is 18.8 Å². The molecule has 0 saturated heterocycles. The van der Waals surface area contributed by atoms with E-state index in [1.807, 2.05) is 49.4 Å². The molecule has 2 aromatic carbocycles. The molecule has 5 heteroatoms. The Hall–Kier alpha value is -3.31. The fraction of sp³-hybridized carbons (Fsp3) is 0.130. The zero-order valence-electron chi connectivity index (χ0n) is 15.5. The predicted molar refractivity (Wildman–Crippen MR) is 108 cm³/mol. The van der Waals surface area contributed by atoms with Crippen molar-refractivity contribution in [3.05, 3.63) is 118 Å². The number of nitrogens with zero attached hydrogens (tertiary/aromatic N) is 2. The van der Waals surface area contributed by atoms with Gasteiger partial charge in [0.2, 0.25) is 0 Å². The number of aromatic nitrogens is 2. The third-order valence-electron chi connectivity index (χ3n) is 4.68. The fourth-order valence-corrected chi connectivity index (χ4v) is 3.28. The lowest BCUT2D eigenvalue weighted by Gasteiger charge is -2.20. The molecule has 0 amide bonds. The Morgan fingerprint density at radius 1 is 1.00 bits per heavy atom. The lowest BCUT2D eigenvalue weighted by atomic mass is 9.98. The van der Waals surface area contributed by atoms with E-state index in [4.69, 9.17) is 0 Å². The second kappa shape index (κ2) is 7.74. The zero-order valence-corrected chi connectivity index (χ0v) is 15.5. The van der Waals surface area contributed by atoms with Gasteiger partial charge in [-0.3, -0.25) is 9.20 Å². The van der Waals surface area contributed by atoms with Crippen molar-refractivity contribution in [3.63, 3.8) is 0 Å². The summed E-state index contributed by atoms with van der Waals surface area (Å²) < 4.78 is 14.9. The van der Waals surface area contributed by atoms with Crippen molar-refractivity contribution in [2.24, 2.45) is 0 Å². The Labute approximate surface area is 162 Å².